The normalized spacial score (nSPS) is 12.5. The summed E-state index contributed by atoms with van der Waals surface area (Å²) in [5.74, 6) is 0. The van der Waals surface area contributed by atoms with Crippen molar-refractivity contribution in [1.29, 1.82) is 0 Å². The highest BCUT2D eigenvalue weighted by Crippen LogP contribution is 2.48. The average molecular weight is 383 g/mol. The highest BCUT2D eigenvalue weighted by Gasteiger charge is 2.27. The van der Waals surface area contributed by atoms with Crippen molar-refractivity contribution in [1.82, 2.24) is 4.98 Å². The van der Waals surface area contributed by atoms with Crippen LogP contribution in [0.3, 0.4) is 0 Å². The topological polar surface area (TPSA) is 26.0 Å². The van der Waals surface area contributed by atoms with Crippen molar-refractivity contribution in [2.24, 2.45) is 0 Å². The molecule has 0 amide bonds. The molecule has 0 saturated carbocycles. The number of hydrogen-bond donors (Lipinski definition) is 0. The van der Waals surface area contributed by atoms with E-state index in [1.165, 1.54) is 43.8 Å². The van der Waals surface area contributed by atoms with Gasteiger partial charge in [-0.25, -0.2) is 0 Å². The monoisotopic (exact) mass is 383 g/mol. The summed E-state index contributed by atoms with van der Waals surface area (Å²) in [4.78, 5) is 4.53. The lowest BCUT2D eigenvalue weighted by Crippen LogP contribution is -1.85. The molecule has 140 valence electrons. The Labute approximate surface area is 173 Å². The Kier molecular flexibility index (Phi) is 3.09. The molecule has 0 fully saturated rings. The third-order valence-electron chi connectivity index (χ3n) is 6.34. The molecule has 2 heteroatoms. The van der Waals surface area contributed by atoms with Crippen molar-refractivity contribution in [2.45, 2.75) is 6.42 Å². The molecule has 7 rings (SSSR count). The van der Waals surface area contributed by atoms with Crippen LogP contribution in [0.1, 0.15) is 11.1 Å². The second kappa shape index (κ2) is 5.80. The minimum absolute atomic E-state index is 0.881. The van der Waals surface area contributed by atoms with Crippen LogP contribution in [0.15, 0.2) is 95.5 Å². The van der Waals surface area contributed by atoms with E-state index in [0.717, 1.165) is 28.8 Å². The third kappa shape index (κ3) is 2.05. The van der Waals surface area contributed by atoms with Crippen molar-refractivity contribution in [3.63, 3.8) is 0 Å². The van der Waals surface area contributed by atoms with Gasteiger partial charge in [0.15, 0.2) is 0 Å². The predicted octanol–water partition coefficient (Wildman–Crippen LogP) is 7.37. The first-order chi connectivity index (χ1) is 14.9. The molecule has 0 spiro atoms. The van der Waals surface area contributed by atoms with Crippen molar-refractivity contribution in [3.8, 4) is 22.4 Å². The first-order valence-corrected chi connectivity index (χ1v) is 10.3. The van der Waals surface area contributed by atoms with E-state index in [-0.39, 0.29) is 0 Å². The van der Waals surface area contributed by atoms with Gasteiger partial charge < -0.3 is 4.42 Å². The number of nitrogens with zero attached hydrogens (tertiary/aromatic N) is 1. The lowest BCUT2D eigenvalue weighted by atomic mass is 9.94. The minimum atomic E-state index is 0.881. The van der Waals surface area contributed by atoms with Crippen molar-refractivity contribution < 1.29 is 4.42 Å². The molecule has 30 heavy (non-hydrogen) atoms. The van der Waals surface area contributed by atoms with Crippen LogP contribution in [0.2, 0.25) is 0 Å². The maximum Gasteiger partial charge on any atom is 0.140 e. The zero-order valence-electron chi connectivity index (χ0n) is 16.2. The number of furan rings is 1. The lowest BCUT2D eigenvalue weighted by molar-refractivity contribution is 0.665. The molecule has 0 atom stereocenters. The number of rotatable bonds is 1. The first kappa shape index (κ1) is 15.9. The molecule has 0 N–H and O–H groups in total. The summed E-state index contributed by atoms with van der Waals surface area (Å²) in [5.41, 5.74) is 9.42. The number of benzene rings is 4. The van der Waals surface area contributed by atoms with E-state index >= 15 is 0 Å². The molecule has 0 saturated heterocycles. The maximum absolute atomic E-state index is 6.44. The molecule has 1 aliphatic rings. The van der Waals surface area contributed by atoms with Crippen LogP contribution < -0.4 is 0 Å². The van der Waals surface area contributed by atoms with Gasteiger partial charge in [-0.1, -0.05) is 60.7 Å². The van der Waals surface area contributed by atoms with E-state index in [4.69, 9.17) is 4.42 Å². The lowest BCUT2D eigenvalue weighted by Gasteiger charge is -2.09. The second-order valence-corrected chi connectivity index (χ2v) is 7.97. The third-order valence-corrected chi connectivity index (χ3v) is 6.34. The number of hydrogen-bond acceptors (Lipinski definition) is 2. The minimum Gasteiger partial charge on any atom is -0.456 e. The second-order valence-electron chi connectivity index (χ2n) is 7.97. The van der Waals surface area contributed by atoms with E-state index in [1.807, 2.05) is 24.4 Å². The molecule has 4 aromatic carbocycles. The molecule has 0 radical (unpaired) electrons. The Morgan fingerprint density at radius 2 is 1.53 bits per heavy atom. The Morgan fingerprint density at radius 1 is 0.733 bits per heavy atom. The fourth-order valence-corrected chi connectivity index (χ4v) is 5.06. The van der Waals surface area contributed by atoms with E-state index in [9.17, 15) is 0 Å². The maximum atomic E-state index is 6.44. The van der Waals surface area contributed by atoms with Gasteiger partial charge >= 0.3 is 0 Å². The fraction of sp³-hybridized carbons (Fsp3) is 0.0357. The highest BCUT2D eigenvalue weighted by atomic mass is 16.3. The first-order valence-electron chi connectivity index (χ1n) is 10.3. The van der Waals surface area contributed by atoms with Gasteiger partial charge in [0.1, 0.15) is 11.2 Å². The van der Waals surface area contributed by atoms with Gasteiger partial charge in [-0.2, -0.15) is 0 Å². The molecule has 2 aromatic heterocycles. The summed E-state index contributed by atoms with van der Waals surface area (Å²) >= 11 is 0. The summed E-state index contributed by atoms with van der Waals surface area (Å²) in [6.07, 6.45) is 2.73. The smallest absolute Gasteiger partial charge is 0.140 e. The Bertz CT molecular complexity index is 1610. The quantitative estimate of drug-likeness (QED) is 0.296. The van der Waals surface area contributed by atoms with Gasteiger partial charge in [0.2, 0.25) is 0 Å². The molecule has 0 bridgehead atoms. The molecular formula is C28H17NO. The molecule has 6 aromatic rings. The van der Waals surface area contributed by atoms with Crippen LogP contribution in [0, 0.1) is 0 Å². The van der Waals surface area contributed by atoms with Gasteiger partial charge in [-0.15, -0.1) is 0 Å². The highest BCUT2D eigenvalue weighted by molar-refractivity contribution is 6.24. The van der Waals surface area contributed by atoms with Gasteiger partial charge in [0, 0.05) is 34.5 Å². The average Bonchev–Trinajstić information content (AvgIpc) is 3.38. The van der Waals surface area contributed by atoms with Crippen LogP contribution in [0.5, 0.6) is 0 Å². The van der Waals surface area contributed by atoms with E-state index in [2.05, 4.69) is 71.7 Å². The van der Waals surface area contributed by atoms with Crippen LogP contribution in [0.4, 0.5) is 0 Å². The largest absolute Gasteiger partial charge is 0.456 e. The molecule has 2 nitrogen and oxygen atoms in total. The summed E-state index contributed by atoms with van der Waals surface area (Å²) < 4.78 is 6.44. The van der Waals surface area contributed by atoms with Crippen LogP contribution in [-0.2, 0) is 6.42 Å². The van der Waals surface area contributed by atoms with E-state index in [0.29, 0.717) is 0 Å². The summed E-state index contributed by atoms with van der Waals surface area (Å²) in [7, 11) is 0. The van der Waals surface area contributed by atoms with E-state index in [1.54, 1.807) is 0 Å². The van der Waals surface area contributed by atoms with Gasteiger partial charge in [0.05, 0.1) is 5.69 Å². The molecule has 0 aliphatic heterocycles. The van der Waals surface area contributed by atoms with Crippen LogP contribution in [0.25, 0.3) is 55.1 Å². The van der Waals surface area contributed by atoms with Gasteiger partial charge in [-0.05, 0) is 51.7 Å². The zero-order chi connectivity index (χ0) is 19.7. The summed E-state index contributed by atoms with van der Waals surface area (Å²) in [5, 5.41) is 4.99. The fourth-order valence-electron chi connectivity index (χ4n) is 5.06. The standard InChI is InChI=1S/C28H17NO/c1-2-8-21-20(7-1)26-19-13-12-17(24-10-5-6-14-29-24)15-18(19)16-23(26)28-27(21)22-9-3-4-11-25(22)30-28/h1-15H,16H2. The Balaban J connectivity index is 1.57. The number of pyridine rings is 1. The van der Waals surface area contributed by atoms with Gasteiger partial charge in [0.25, 0.3) is 0 Å². The SMILES string of the molecule is c1ccc(-c2ccc3c(c2)Cc2c-3c3ccccc3c3c2oc2ccccc23)nc1. The molecular weight excluding hydrogens is 366 g/mol. The zero-order valence-corrected chi connectivity index (χ0v) is 16.2. The molecule has 2 heterocycles. The van der Waals surface area contributed by atoms with E-state index < -0.39 is 0 Å². The Hall–Kier alpha value is -3.91. The predicted molar refractivity (Wildman–Crippen MR) is 123 cm³/mol. The number of para-hydroxylation sites is 1. The van der Waals surface area contributed by atoms with Crippen LogP contribution in [-0.4, -0.2) is 4.98 Å². The number of aromatic nitrogens is 1. The molecule has 1 aliphatic carbocycles. The van der Waals surface area contributed by atoms with Crippen molar-refractivity contribution in [3.05, 3.63) is 102 Å². The Morgan fingerprint density at radius 3 is 2.40 bits per heavy atom. The van der Waals surface area contributed by atoms with Crippen LogP contribution >= 0.6 is 0 Å². The molecule has 0 unspecified atom stereocenters. The van der Waals surface area contributed by atoms with Gasteiger partial charge in [-0.3, -0.25) is 4.98 Å². The summed E-state index contributed by atoms with van der Waals surface area (Å²) in [6.45, 7) is 0. The number of fused-ring (bicyclic) bond motifs is 10. The van der Waals surface area contributed by atoms with Crippen molar-refractivity contribution >= 4 is 32.7 Å². The van der Waals surface area contributed by atoms with Crippen molar-refractivity contribution in [2.75, 3.05) is 0 Å². The summed E-state index contributed by atoms with van der Waals surface area (Å²) in [6, 6.07) is 29.9.